The number of hydrogen-bond acceptors (Lipinski definition) is 4. The number of nitrogens with two attached hydrogens (primary N) is 1. The minimum Gasteiger partial charge on any atom is -0.395 e. The molecule has 2 aromatic heterocycles. The fourth-order valence-electron chi connectivity index (χ4n) is 1.69. The molecule has 0 aliphatic rings. The van der Waals surface area contributed by atoms with Crippen LogP contribution in [0.1, 0.15) is 41.5 Å². The van der Waals surface area contributed by atoms with E-state index in [-0.39, 0.29) is 17.5 Å². The summed E-state index contributed by atoms with van der Waals surface area (Å²) < 4.78 is 0. The molecule has 100 valence electrons. The van der Waals surface area contributed by atoms with Gasteiger partial charge in [0.1, 0.15) is 5.82 Å². The highest BCUT2D eigenvalue weighted by atomic mass is 16.2. The zero-order chi connectivity index (χ0) is 14.0. The summed E-state index contributed by atoms with van der Waals surface area (Å²) in [6.07, 6.45) is 1.68. The summed E-state index contributed by atoms with van der Waals surface area (Å²) in [6, 6.07) is 3.61. The van der Waals surface area contributed by atoms with Gasteiger partial charge < -0.3 is 11.1 Å². The number of nitrogen functional groups attached to an aromatic ring is 1. The maximum absolute atomic E-state index is 12.0. The van der Waals surface area contributed by atoms with Gasteiger partial charge in [-0.25, -0.2) is 4.98 Å². The van der Waals surface area contributed by atoms with Crippen LogP contribution < -0.4 is 11.1 Å². The lowest BCUT2D eigenvalue weighted by Gasteiger charge is -2.04. The molecule has 0 saturated carbocycles. The molecular weight excluding hydrogens is 242 g/mol. The number of pyridine rings is 1. The van der Waals surface area contributed by atoms with Crippen LogP contribution in [0.2, 0.25) is 0 Å². The van der Waals surface area contributed by atoms with Gasteiger partial charge in [0, 0.05) is 6.20 Å². The first-order valence-corrected chi connectivity index (χ1v) is 6.06. The topological polar surface area (TPSA) is 96.7 Å². The first-order chi connectivity index (χ1) is 8.99. The van der Waals surface area contributed by atoms with E-state index in [1.807, 2.05) is 26.8 Å². The zero-order valence-electron chi connectivity index (χ0n) is 11.2. The Labute approximate surface area is 111 Å². The summed E-state index contributed by atoms with van der Waals surface area (Å²) in [4.78, 5) is 16.1. The third-order valence-corrected chi connectivity index (χ3v) is 2.78. The number of carbonyl (C=O) groups is 1. The van der Waals surface area contributed by atoms with E-state index in [0.29, 0.717) is 11.5 Å². The van der Waals surface area contributed by atoms with Gasteiger partial charge in [0.05, 0.1) is 11.4 Å². The van der Waals surface area contributed by atoms with Crippen molar-refractivity contribution in [2.45, 2.75) is 26.7 Å². The van der Waals surface area contributed by atoms with Gasteiger partial charge in [0.25, 0.3) is 5.91 Å². The average molecular weight is 259 g/mol. The molecule has 0 unspecified atom stereocenters. The van der Waals surface area contributed by atoms with E-state index in [4.69, 9.17) is 5.73 Å². The van der Waals surface area contributed by atoms with Crippen LogP contribution in [0, 0.1) is 6.92 Å². The van der Waals surface area contributed by atoms with Gasteiger partial charge in [-0.2, -0.15) is 5.10 Å². The summed E-state index contributed by atoms with van der Waals surface area (Å²) in [6.45, 7) is 5.89. The van der Waals surface area contributed by atoms with Crippen LogP contribution >= 0.6 is 0 Å². The molecule has 0 atom stereocenters. The number of amides is 1. The number of carbonyl (C=O) groups excluding carboxylic acids is 1. The fourth-order valence-corrected chi connectivity index (χ4v) is 1.69. The third-order valence-electron chi connectivity index (χ3n) is 2.78. The Hall–Kier alpha value is -2.37. The Morgan fingerprint density at radius 3 is 2.68 bits per heavy atom. The number of nitrogens with zero attached hydrogens (tertiary/aromatic N) is 2. The van der Waals surface area contributed by atoms with Crippen molar-refractivity contribution in [2.75, 3.05) is 11.1 Å². The molecule has 19 heavy (non-hydrogen) atoms. The van der Waals surface area contributed by atoms with Crippen LogP contribution in [0.15, 0.2) is 18.3 Å². The van der Waals surface area contributed by atoms with Crippen molar-refractivity contribution in [3.63, 3.8) is 0 Å². The number of aryl methyl sites for hydroxylation is 1. The zero-order valence-corrected chi connectivity index (χ0v) is 11.2. The van der Waals surface area contributed by atoms with Gasteiger partial charge in [-0.15, -0.1) is 0 Å². The number of nitrogens with one attached hydrogen (secondary N) is 2. The number of aromatic amines is 1. The molecule has 0 aliphatic heterocycles. The van der Waals surface area contributed by atoms with Gasteiger partial charge in [0.15, 0.2) is 5.69 Å². The van der Waals surface area contributed by atoms with Crippen molar-refractivity contribution in [1.29, 1.82) is 0 Å². The van der Waals surface area contributed by atoms with Gasteiger partial charge >= 0.3 is 0 Å². The predicted molar refractivity (Wildman–Crippen MR) is 74.0 cm³/mol. The van der Waals surface area contributed by atoms with Crippen LogP contribution in [-0.4, -0.2) is 21.1 Å². The second-order valence-electron chi connectivity index (χ2n) is 4.73. The molecule has 2 heterocycles. The predicted octanol–water partition coefficient (Wildman–Crippen LogP) is 2.07. The minimum absolute atomic E-state index is 0.187. The van der Waals surface area contributed by atoms with E-state index >= 15 is 0 Å². The summed E-state index contributed by atoms with van der Waals surface area (Å²) >= 11 is 0. The quantitative estimate of drug-likeness (QED) is 0.786. The lowest BCUT2D eigenvalue weighted by atomic mass is 10.1. The Morgan fingerprint density at radius 1 is 1.42 bits per heavy atom. The van der Waals surface area contributed by atoms with Crippen LogP contribution in [0.3, 0.4) is 0 Å². The van der Waals surface area contributed by atoms with Crippen LogP contribution in [0.5, 0.6) is 0 Å². The highest BCUT2D eigenvalue weighted by molar-refractivity contribution is 6.06. The first-order valence-electron chi connectivity index (χ1n) is 6.06. The monoisotopic (exact) mass is 259 g/mol. The third kappa shape index (κ3) is 2.73. The fraction of sp³-hybridized carbons (Fsp3) is 0.308. The lowest BCUT2D eigenvalue weighted by molar-refractivity contribution is 0.102. The lowest BCUT2D eigenvalue weighted by Crippen LogP contribution is -2.15. The van der Waals surface area contributed by atoms with Crippen molar-refractivity contribution in [1.82, 2.24) is 15.2 Å². The summed E-state index contributed by atoms with van der Waals surface area (Å²) in [7, 11) is 0. The van der Waals surface area contributed by atoms with Crippen LogP contribution in [0.4, 0.5) is 11.5 Å². The van der Waals surface area contributed by atoms with Gasteiger partial charge in [-0.1, -0.05) is 19.9 Å². The molecule has 6 heteroatoms. The van der Waals surface area contributed by atoms with Gasteiger partial charge in [-0.3, -0.25) is 9.89 Å². The van der Waals surface area contributed by atoms with E-state index in [9.17, 15) is 4.79 Å². The Kier molecular flexibility index (Phi) is 3.50. The number of hydrogen-bond donors (Lipinski definition) is 3. The molecule has 0 aliphatic carbocycles. The molecule has 2 rings (SSSR count). The molecule has 0 bridgehead atoms. The second-order valence-corrected chi connectivity index (χ2v) is 4.73. The minimum atomic E-state index is -0.364. The van der Waals surface area contributed by atoms with Crippen molar-refractivity contribution in [2.24, 2.45) is 0 Å². The number of H-pyrrole nitrogens is 1. The van der Waals surface area contributed by atoms with Crippen molar-refractivity contribution in [3.05, 3.63) is 35.3 Å². The molecule has 2 aromatic rings. The SMILES string of the molecule is Cc1ccc(NC(=O)c2n[nH]c(C(C)C)c2N)nc1. The van der Waals surface area contributed by atoms with Crippen LogP contribution in [0.25, 0.3) is 0 Å². The molecule has 0 aromatic carbocycles. The normalized spacial score (nSPS) is 10.7. The molecule has 6 nitrogen and oxygen atoms in total. The largest absolute Gasteiger partial charge is 0.395 e. The first kappa shape index (κ1) is 13.1. The molecule has 0 saturated heterocycles. The summed E-state index contributed by atoms with van der Waals surface area (Å²) in [5.41, 5.74) is 8.29. The molecule has 0 spiro atoms. The molecule has 4 N–H and O–H groups in total. The van der Waals surface area contributed by atoms with Crippen molar-refractivity contribution in [3.8, 4) is 0 Å². The molecule has 0 fully saturated rings. The van der Waals surface area contributed by atoms with Crippen molar-refractivity contribution >= 4 is 17.4 Å². The summed E-state index contributed by atoms with van der Waals surface area (Å²) in [5.74, 6) is 0.299. The average Bonchev–Trinajstić information content (AvgIpc) is 2.74. The maximum atomic E-state index is 12.0. The van der Waals surface area contributed by atoms with Gasteiger partial charge in [-0.05, 0) is 24.5 Å². The van der Waals surface area contributed by atoms with Crippen LogP contribution in [-0.2, 0) is 0 Å². The number of rotatable bonds is 3. The maximum Gasteiger partial charge on any atom is 0.279 e. The Balaban J connectivity index is 2.18. The van der Waals surface area contributed by atoms with Crippen molar-refractivity contribution < 1.29 is 4.79 Å². The highest BCUT2D eigenvalue weighted by Gasteiger charge is 2.19. The molecule has 1 amide bonds. The van der Waals surface area contributed by atoms with Gasteiger partial charge in [0.2, 0.25) is 0 Å². The number of aromatic nitrogens is 3. The standard InChI is InChI=1S/C13H17N5O/c1-7(2)11-10(14)12(18-17-11)13(19)16-9-5-4-8(3)6-15-9/h4-7H,14H2,1-3H3,(H,17,18)(H,15,16,19). The van der Waals surface area contributed by atoms with E-state index in [0.717, 1.165) is 11.3 Å². The second kappa shape index (κ2) is 5.09. The Morgan fingerprint density at radius 2 is 2.16 bits per heavy atom. The smallest absolute Gasteiger partial charge is 0.279 e. The van der Waals surface area contributed by atoms with E-state index in [1.54, 1.807) is 12.3 Å². The molecule has 0 radical (unpaired) electrons. The molecular formula is C13H17N5O. The van der Waals surface area contributed by atoms with E-state index in [1.165, 1.54) is 0 Å². The van der Waals surface area contributed by atoms with E-state index in [2.05, 4.69) is 20.5 Å². The number of anilines is 2. The highest BCUT2D eigenvalue weighted by Crippen LogP contribution is 2.22. The summed E-state index contributed by atoms with van der Waals surface area (Å²) in [5, 5.41) is 9.42. The van der Waals surface area contributed by atoms with E-state index < -0.39 is 0 Å². The Bertz CT molecular complexity index is 586.